The topological polar surface area (TPSA) is 36.9 Å². The van der Waals surface area contributed by atoms with E-state index in [1.165, 1.54) is 0 Å². The van der Waals surface area contributed by atoms with Crippen LogP contribution in [0.1, 0.15) is 69.2 Å². The summed E-state index contributed by atoms with van der Waals surface area (Å²) in [6, 6.07) is 0. The highest BCUT2D eigenvalue weighted by atomic mass is 28.4. The van der Waals surface area contributed by atoms with Crippen LogP contribution in [-0.2, 0) is 18.0 Å². The summed E-state index contributed by atoms with van der Waals surface area (Å²) in [6.07, 6.45) is -0.234. The zero-order chi connectivity index (χ0) is 24.8. The van der Waals surface area contributed by atoms with Crippen molar-refractivity contribution in [3.63, 3.8) is 0 Å². The van der Waals surface area contributed by atoms with Crippen molar-refractivity contribution in [1.82, 2.24) is 0 Å². The van der Waals surface area contributed by atoms with E-state index < -0.39 is 25.0 Å². The standard InChI is InChI=1S/C24H54O4Si3/c1-18-20(27-30(13,14)23(5,6)7)21(28-31(15,16)24(8,9)10)19(26-18)17-25-29(11,12)22(2,3)4/h18-21H,17H2,1-16H3/t18-,19+,20-,21+/m0/s1. The SMILES string of the molecule is C[C@@H]1O[C@H](CO[Si](C)(C)C(C)(C)C)[C@@H](O[Si](C)(C)C(C)(C)C)[C@H]1O[Si](C)(C)C(C)(C)C. The maximum Gasteiger partial charge on any atom is 0.192 e. The van der Waals surface area contributed by atoms with Crippen molar-refractivity contribution in [2.75, 3.05) is 6.61 Å². The van der Waals surface area contributed by atoms with Gasteiger partial charge in [0.05, 0.1) is 18.8 Å². The Balaban J connectivity index is 3.22. The first-order valence-corrected chi connectivity index (χ1v) is 20.8. The minimum Gasteiger partial charge on any atom is -0.414 e. The van der Waals surface area contributed by atoms with Gasteiger partial charge in [-0.2, -0.15) is 0 Å². The molecule has 0 unspecified atom stereocenters. The van der Waals surface area contributed by atoms with Gasteiger partial charge < -0.3 is 18.0 Å². The van der Waals surface area contributed by atoms with Crippen molar-refractivity contribution in [2.45, 2.75) is 148 Å². The molecule has 0 bridgehead atoms. The third-order valence-electron chi connectivity index (χ3n) is 8.43. The van der Waals surface area contributed by atoms with Gasteiger partial charge in [-0.25, -0.2) is 0 Å². The molecule has 1 fully saturated rings. The molecule has 0 N–H and O–H groups in total. The molecule has 0 aliphatic carbocycles. The van der Waals surface area contributed by atoms with Gasteiger partial charge in [0.1, 0.15) is 12.2 Å². The summed E-state index contributed by atoms with van der Waals surface area (Å²) < 4.78 is 27.1. The van der Waals surface area contributed by atoms with Crippen LogP contribution in [0.25, 0.3) is 0 Å². The summed E-state index contributed by atoms with van der Waals surface area (Å²) in [5.41, 5.74) is 0. The highest BCUT2D eigenvalue weighted by Gasteiger charge is 2.53. The summed E-state index contributed by atoms with van der Waals surface area (Å²) in [5, 5.41) is 0.444. The molecule has 4 nitrogen and oxygen atoms in total. The van der Waals surface area contributed by atoms with Gasteiger partial charge in [0.2, 0.25) is 0 Å². The Morgan fingerprint density at radius 2 is 0.968 bits per heavy atom. The van der Waals surface area contributed by atoms with Gasteiger partial charge in [0.15, 0.2) is 25.0 Å². The van der Waals surface area contributed by atoms with Gasteiger partial charge in [-0.05, 0) is 61.3 Å². The first kappa shape index (κ1) is 29.5. The number of ether oxygens (including phenoxy) is 1. The lowest BCUT2D eigenvalue weighted by Gasteiger charge is -2.44. The Morgan fingerprint density at radius 3 is 1.32 bits per heavy atom. The summed E-state index contributed by atoms with van der Waals surface area (Å²) >= 11 is 0. The molecular weight excluding hydrogens is 437 g/mol. The lowest BCUT2D eigenvalue weighted by Crippen LogP contribution is -2.54. The Labute approximate surface area is 197 Å². The average molecular weight is 491 g/mol. The van der Waals surface area contributed by atoms with Crippen molar-refractivity contribution < 1.29 is 18.0 Å². The summed E-state index contributed by atoms with van der Waals surface area (Å²) in [6.45, 7) is 37.2. The lowest BCUT2D eigenvalue weighted by molar-refractivity contribution is -0.0107. The van der Waals surface area contributed by atoms with Crippen LogP contribution in [0.15, 0.2) is 0 Å². The Hall–Kier alpha value is 0.491. The van der Waals surface area contributed by atoms with E-state index in [2.05, 4.69) is 109 Å². The predicted octanol–water partition coefficient (Wildman–Crippen LogP) is 7.58. The van der Waals surface area contributed by atoms with E-state index in [0.29, 0.717) is 6.61 Å². The molecule has 1 aliphatic rings. The van der Waals surface area contributed by atoms with Crippen LogP contribution in [0.3, 0.4) is 0 Å². The molecule has 1 rings (SSSR count). The van der Waals surface area contributed by atoms with Gasteiger partial charge >= 0.3 is 0 Å². The minimum atomic E-state index is -2.00. The van der Waals surface area contributed by atoms with E-state index in [9.17, 15) is 0 Å². The largest absolute Gasteiger partial charge is 0.414 e. The molecule has 0 radical (unpaired) electrons. The molecule has 0 aromatic carbocycles. The van der Waals surface area contributed by atoms with Crippen molar-refractivity contribution in [3.05, 3.63) is 0 Å². The van der Waals surface area contributed by atoms with Crippen LogP contribution in [0.5, 0.6) is 0 Å². The normalized spacial score (nSPS) is 27.1. The van der Waals surface area contributed by atoms with Gasteiger partial charge in [0, 0.05) is 0 Å². The molecule has 0 spiro atoms. The van der Waals surface area contributed by atoms with Crippen molar-refractivity contribution in [2.24, 2.45) is 0 Å². The molecule has 1 heterocycles. The maximum absolute atomic E-state index is 7.01. The summed E-state index contributed by atoms with van der Waals surface area (Å²) in [7, 11) is -5.85. The molecule has 0 aromatic heterocycles. The average Bonchev–Trinajstić information content (AvgIpc) is 2.77. The van der Waals surface area contributed by atoms with Crippen LogP contribution in [-0.4, -0.2) is 56.0 Å². The van der Waals surface area contributed by atoms with E-state index in [1.807, 2.05) is 0 Å². The fraction of sp³-hybridized carbons (Fsp3) is 1.00. The predicted molar refractivity (Wildman–Crippen MR) is 142 cm³/mol. The number of hydrogen-bond acceptors (Lipinski definition) is 4. The Kier molecular flexibility index (Phi) is 8.83. The van der Waals surface area contributed by atoms with Gasteiger partial charge in [-0.3, -0.25) is 0 Å². The third-order valence-corrected chi connectivity index (χ3v) is 21.9. The molecule has 4 atom stereocenters. The van der Waals surface area contributed by atoms with Crippen LogP contribution in [0.4, 0.5) is 0 Å². The monoisotopic (exact) mass is 490 g/mol. The van der Waals surface area contributed by atoms with Crippen molar-refractivity contribution in [1.29, 1.82) is 0 Å². The molecule has 186 valence electrons. The third kappa shape index (κ3) is 6.99. The zero-order valence-electron chi connectivity index (χ0n) is 23.6. The molecule has 0 amide bonds. The van der Waals surface area contributed by atoms with Gasteiger partial charge in [-0.1, -0.05) is 62.3 Å². The maximum atomic E-state index is 7.01. The van der Waals surface area contributed by atoms with E-state index >= 15 is 0 Å². The molecule has 7 heteroatoms. The first-order valence-electron chi connectivity index (χ1n) is 12.1. The minimum absolute atomic E-state index is 0.00286. The fourth-order valence-corrected chi connectivity index (χ4v) is 6.58. The molecule has 0 saturated carbocycles. The van der Waals surface area contributed by atoms with Crippen LogP contribution < -0.4 is 0 Å². The highest BCUT2D eigenvalue weighted by Crippen LogP contribution is 2.44. The van der Waals surface area contributed by atoms with Crippen LogP contribution in [0.2, 0.25) is 54.4 Å². The summed E-state index contributed by atoms with van der Waals surface area (Å²) in [5.74, 6) is 0. The Bertz CT molecular complexity index is 597. The molecule has 1 saturated heterocycles. The van der Waals surface area contributed by atoms with E-state index in [-0.39, 0.29) is 39.5 Å². The zero-order valence-corrected chi connectivity index (χ0v) is 26.6. The number of rotatable bonds is 7. The second kappa shape index (κ2) is 9.27. The second-order valence-corrected chi connectivity index (χ2v) is 28.5. The van der Waals surface area contributed by atoms with E-state index in [4.69, 9.17) is 18.0 Å². The smallest absolute Gasteiger partial charge is 0.192 e. The first-order chi connectivity index (χ1) is 13.4. The summed E-state index contributed by atoms with van der Waals surface area (Å²) in [4.78, 5) is 0. The van der Waals surface area contributed by atoms with Gasteiger partial charge in [0.25, 0.3) is 0 Å². The van der Waals surface area contributed by atoms with Gasteiger partial charge in [-0.15, -0.1) is 0 Å². The second-order valence-electron chi connectivity index (χ2n) is 14.1. The van der Waals surface area contributed by atoms with Crippen molar-refractivity contribution >= 4 is 25.0 Å². The van der Waals surface area contributed by atoms with E-state index in [0.717, 1.165) is 0 Å². The van der Waals surface area contributed by atoms with Crippen LogP contribution in [0, 0.1) is 0 Å². The molecular formula is C24H54O4Si3. The molecule has 1 aliphatic heterocycles. The molecule has 0 aromatic rings. The fourth-order valence-electron chi connectivity index (χ4n) is 2.89. The quantitative estimate of drug-likeness (QED) is 0.345. The lowest BCUT2D eigenvalue weighted by atomic mass is 10.1. The van der Waals surface area contributed by atoms with E-state index in [1.54, 1.807) is 0 Å². The molecule has 31 heavy (non-hydrogen) atoms. The van der Waals surface area contributed by atoms with Crippen LogP contribution >= 0.6 is 0 Å². The number of hydrogen-bond donors (Lipinski definition) is 0. The van der Waals surface area contributed by atoms with Crippen molar-refractivity contribution in [3.8, 4) is 0 Å². The highest BCUT2D eigenvalue weighted by molar-refractivity contribution is 6.75. The Morgan fingerprint density at radius 1 is 0.613 bits per heavy atom.